The Kier molecular flexibility index (Phi) is 4.61. The molecule has 1 unspecified atom stereocenters. The van der Waals surface area contributed by atoms with E-state index in [9.17, 15) is 0 Å². The molecule has 0 spiro atoms. The average Bonchev–Trinajstić information content (AvgIpc) is 2.82. The second kappa shape index (κ2) is 6.20. The first kappa shape index (κ1) is 12.6. The van der Waals surface area contributed by atoms with Crippen LogP contribution in [0, 0.1) is 12.8 Å². The minimum absolute atomic E-state index is 0.698. The predicted molar refractivity (Wildman–Crippen MR) is 74.4 cm³/mol. The Morgan fingerprint density at radius 3 is 2.41 bits per heavy atom. The summed E-state index contributed by atoms with van der Waals surface area (Å²) in [7, 11) is 2.07. The zero-order valence-corrected chi connectivity index (χ0v) is 11.2. The standard InChI is InChI=1S/C16H25N/c1-13-7-9-15(10-8-13)16(12-17-2)11-14-5-3-4-6-14/h7-10,14,16-17H,3-6,11-12H2,1-2H3. The molecule has 0 amide bonds. The maximum Gasteiger partial charge on any atom is 0.00172 e. The van der Waals surface area contributed by atoms with Crippen molar-refractivity contribution in [1.82, 2.24) is 5.32 Å². The molecule has 0 aliphatic heterocycles. The van der Waals surface area contributed by atoms with Gasteiger partial charge in [0.1, 0.15) is 0 Å². The van der Waals surface area contributed by atoms with Gasteiger partial charge in [0.05, 0.1) is 0 Å². The molecule has 1 fully saturated rings. The third-order valence-electron chi connectivity index (χ3n) is 4.09. The van der Waals surface area contributed by atoms with E-state index in [1.54, 1.807) is 0 Å². The molecule has 0 radical (unpaired) electrons. The van der Waals surface area contributed by atoms with Crippen LogP contribution in [-0.2, 0) is 0 Å². The molecule has 1 atom stereocenters. The van der Waals surface area contributed by atoms with Gasteiger partial charge in [-0.3, -0.25) is 0 Å². The normalized spacial score (nSPS) is 18.5. The van der Waals surface area contributed by atoms with E-state index < -0.39 is 0 Å². The summed E-state index contributed by atoms with van der Waals surface area (Å²) >= 11 is 0. The molecule has 0 heterocycles. The van der Waals surface area contributed by atoms with E-state index in [1.807, 2.05) is 0 Å². The van der Waals surface area contributed by atoms with Crippen LogP contribution in [-0.4, -0.2) is 13.6 Å². The quantitative estimate of drug-likeness (QED) is 0.811. The van der Waals surface area contributed by atoms with E-state index in [2.05, 4.69) is 43.6 Å². The van der Waals surface area contributed by atoms with E-state index in [-0.39, 0.29) is 0 Å². The Morgan fingerprint density at radius 1 is 1.18 bits per heavy atom. The average molecular weight is 231 g/mol. The number of hydrogen-bond donors (Lipinski definition) is 1. The zero-order valence-electron chi connectivity index (χ0n) is 11.2. The molecule has 0 saturated heterocycles. The Hall–Kier alpha value is -0.820. The largest absolute Gasteiger partial charge is 0.319 e. The van der Waals surface area contributed by atoms with Gasteiger partial charge in [-0.2, -0.15) is 0 Å². The highest BCUT2D eigenvalue weighted by molar-refractivity contribution is 5.25. The van der Waals surface area contributed by atoms with Crippen LogP contribution in [0.3, 0.4) is 0 Å². The van der Waals surface area contributed by atoms with Crippen LogP contribution in [0.25, 0.3) is 0 Å². The van der Waals surface area contributed by atoms with Crippen LogP contribution in [0.4, 0.5) is 0 Å². The van der Waals surface area contributed by atoms with Crippen molar-refractivity contribution in [3.8, 4) is 0 Å². The summed E-state index contributed by atoms with van der Waals surface area (Å²) < 4.78 is 0. The lowest BCUT2D eigenvalue weighted by atomic mass is 9.87. The SMILES string of the molecule is CNCC(CC1CCCC1)c1ccc(C)cc1. The highest BCUT2D eigenvalue weighted by Crippen LogP contribution is 2.33. The van der Waals surface area contributed by atoms with Crippen LogP contribution in [0.2, 0.25) is 0 Å². The summed E-state index contributed by atoms with van der Waals surface area (Å²) in [4.78, 5) is 0. The van der Waals surface area contributed by atoms with Gasteiger partial charge in [0, 0.05) is 6.54 Å². The first-order chi connectivity index (χ1) is 8.29. The van der Waals surface area contributed by atoms with Gasteiger partial charge in [0.2, 0.25) is 0 Å². The molecule has 1 heteroatoms. The second-order valence-electron chi connectivity index (χ2n) is 5.55. The first-order valence-corrected chi connectivity index (χ1v) is 7.00. The zero-order chi connectivity index (χ0) is 12.1. The molecule has 1 aromatic carbocycles. The number of rotatable bonds is 5. The fourth-order valence-electron chi connectivity index (χ4n) is 3.07. The van der Waals surface area contributed by atoms with Crippen LogP contribution < -0.4 is 5.32 Å². The van der Waals surface area contributed by atoms with E-state index in [0.29, 0.717) is 5.92 Å². The molecular weight excluding hydrogens is 206 g/mol. The van der Waals surface area contributed by atoms with Gasteiger partial charge in [-0.25, -0.2) is 0 Å². The summed E-state index contributed by atoms with van der Waals surface area (Å²) in [5.41, 5.74) is 2.87. The second-order valence-corrected chi connectivity index (χ2v) is 5.55. The fourth-order valence-corrected chi connectivity index (χ4v) is 3.07. The Balaban J connectivity index is 2.02. The molecule has 1 saturated carbocycles. The van der Waals surface area contributed by atoms with Gasteiger partial charge in [0.25, 0.3) is 0 Å². The van der Waals surface area contributed by atoms with Gasteiger partial charge in [-0.1, -0.05) is 55.5 Å². The highest BCUT2D eigenvalue weighted by atomic mass is 14.8. The van der Waals surface area contributed by atoms with Gasteiger partial charge in [-0.15, -0.1) is 0 Å². The lowest BCUT2D eigenvalue weighted by molar-refractivity contribution is 0.435. The van der Waals surface area contributed by atoms with Crippen LogP contribution in [0.5, 0.6) is 0 Å². The third-order valence-corrected chi connectivity index (χ3v) is 4.09. The Labute approximate surface area is 106 Å². The van der Waals surface area contributed by atoms with E-state index >= 15 is 0 Å². The molecule has 1 aromatic rings. The van der Waals surface area contributed by atoms with Crippen molar-refractivity contribution >= 4 is 0 Å². The number of nitrogens with one attached hydrogen (secondary N) is 1. The van der Waals surface area contributed by atoms with E-state index in [0.717, 1.165) is 12.5 Å². The fraction of sp³-hybridized carbons (Fsp3) is 0.625. The topological polar surface area (TPSA) is 12.0 Å². The highest BCUT2D eigenvalue weighted by Gasteiger charge is 2.20. The summed E-state index contributed by atoms with van der Waals surface area (Å²) in [6, 6.07) is 9.11. The van der Waals surface area contributed by atoms with Gasteiger partial charge in [0.15, 0.2) is 0 Å². The molecule has 0 aromatic heterocycles. The van der Waals surface area contributed by atoms with Crippen molar-refractivity contribution in [3.05, 3.63) is 35.4 Å². The van der Waals surface area contributed by atoms with Crippen LogP contribution >= 0.6 is 0 Å². The predicted octanol–water partition coefficient (Wildman–Crippen LogP) is 3.88. The van der Waals surface area contributed by atoms with Gasteiger partial charge < -0.3 is 5.32 Å². The number of benzene rings is 1. The number of hydrogen-bond acceptors (Lipinski definition) is 1. The number of likely N-dealkylation sites (N-methyl/N-ethyl adjacent to an activating group) is 1. The van der Waals surface area contributed by atoms with Gasteiger partial charge in [-0.05, 0) is 37.8 Å². The van der Waals surface area contributed by atoms with E-state index in [4.69, 9.17) is 0 Å². The molecule has 2 rings (SSSR count). The van der Waals surface area contributed by atoms with Crippen molar-refractivity contribution in [1.29, 1.82) is 0 Å². The maximum absolute atomic E-state index is 3.35. The molecular formula is C16H25N. The van der Waals surface area contributed by atoms with Crippen molar-refractivity contribution in [2.24, 2.45) is 5.92 Å². The third kappa shape index (κ3) is 3.57. The maximum atomic E-state index is 3.35. The molecule has 1 aliphatic carbocycles. The molecule has 17 heavy (non-hydrogen) atoms. The van der Waals surface area contributed by atoms with Crippen molar-refractivity contribution < 1.29 is 0 Å². The monoisotopic (exact) mass is 231 g/mol. The van der Waals surface area contributed by atoms with Gasteiger partial charge >= 0.3 is 0 Å². The van der Waals surface area contributed by atoms with Crippen LogP contribution in [0.1, 0.15) is 49.1 Å². The molecule has 1 aliphatic rings. The minimum Gasteiger partial charge on any atom is -0.319 e. The van der Waals surface area contributed by atoms with Crippen molar-refractivity contribution in [2.75, 3.05) is 13.6 Å². The summed E-state index contributed by atoms with van der Waals surface area (Å²) in [5, 5.41) is 3.35. The lowest BCUT2D eigenvalue weighted by Gasteiger charge is -2.21. The Morgan fingerprint density at radius 2 is 1.82 bits per heavy atom. The van der Waals surface area contributed by atoms with Crippen molar-refractivity contribution in [3.63, 3.8) is 0 Å². The molecule has 1 nitrogen and oxygen atoms in total. The Bertz CT molecular complexity index is 322. The summed E-state index contributed by atoms with van der Waals surface area (Å²) in [5.74, 6) is 1.67. The molecule has 0 bridgehead atoms. The minimum atomic E-state index is 0.698. The molecule has 94 valence electrons. The summed E-state index contributed by atoms with van der Waals surface area (Å²) in [6.07, 6.45) is 7.16. The smallest absolute Gasteiger partial charge is 0.00172 e. The van der Waals surface area contributed by atoms with E-state index in [1.165, 1.54) is 43.2 Å². The number of aryl methyl sites for hydroxylation is 1. The van der Waals surface area contributed by atoms with Crippen LogP contribution in [0.15, 0.2) is 24.3 Å². The lowest BCUT2D eigenvalue weighted by Crippen LogP contribution is -2.19. The first-order valence-electron chi connectivity index (χ1n) is 7.00. The van der Waals surface area contributed by atoms with Crippen molar-refractivity contribution in [2.45, 2.75) is 44.9 Å². The summed E-state index contributed by atoms with van der Waals surface area (Å²) in [6.45, 7) is 3.27. The molecule has 1 N–H and O–H groups in total.